The molecule has 2 N–H and O–H groups in total. The molecule has 1 aliphatic heterocycles. The molecule has 0 bridgehead atoms. The highest BCUT2D eigenvalue weighted by atomic mass is 16.3. The summed E-state index contributed by atoms with van der Waals surface area (Å²) in [7, 11) is 0. The number of hydrogen-bond donors (Lipinski definition) is 2. The molecule has 1 amide bonds. The first-order chi connectivity index (χ1) is 10.4. The third kappa shape index (κ3) is 2.41. The standard InChI is InChI=1S/C15H21N5O2/c1-10(2)20-8-12(17-18-20)15(22)5-7-19(9-15)14(21)13-11(3)4-6-16-13/h4,6,8,10,16,22H,5,7,9H2,1-3H3/t15-/m1/s1. The van der Waals surface area contributed by atoms with Crippen molar-refractivity contribution in [2.24, 2.45) is 0 Å². The summed E-state index contributed by atoms with van der Waals surface area (Å²) in [6.07, 6.45) is 3.98. The van der Waals surface area contributed by atoms with Gasteiger partial charge in [0.05, 0.1) is 12.7 Å². The average molecular weight is 303 g/mol. The van der Waals surface area contributed by atoms with Gasteiger partial charge >= 0.3 is 0 Å². The van der Waals surface area contributed by atoms with E-state index in [4.69, 9.17) is 0 Å². The summed E-state index contributed by atoms with van der Waals surface area (Å²) in [4.78, 5) is 17.1. The van der Waals surface area contributed by atoms with Gasteiger partial charge in [0.25, 0.3) is 5.91 Å². The largest absolute Gasteiger partial charge is 0.381 e. The molecule has 7 heteroatoms. The van der Waals surface area contributed by atoms with Gasteiger partial charge in [-0.05, 0) is 32.4 Å². The van der Waals surface area contributed by atoms with Crippen LogP contribution in [0.1, 0.15) is 48.1 Å². The molecule has 7 nitrogen and oxygen atoms in total. The predicted molar refractivity (Wildman–Crippen MR) is 80.4 cm³/mol. The number of rotatable bonds is 3. The summed E-state index contributed by atoms with van der Waals surface area (Å²) in [6, 6.07) is 2.05. The van der Waals surface area contributed by atoms with Gasteiger partial charge in [-0.25, -0.2) is 4.68 Å². The molecular weight excluding hydrogens is 282 g/mol. The second-order valence-corrected chi connectivity index (χ2v) is 6.22. The third-order valence-electron chi connectivity index (χ3n) is 4.22. The number of likely N-dealkylation sites (tertiary alicyclic amines) is 1. The molecule has 3 heterocycles. The highest BCUT2D eigenvalue weighted by Crippen LogP contribution is 2.31. The summed E-state index contributed by atoms with van der Waals surface area (Å²) in [5.74, 6) is -0.0883. The molecule has 1 saturated heterocycles. The number of amides is 1. The molecule has 0 aromatic carbocycles. The van der Waals surface area contributed by atoms with E-state index in [1.807, 2.05) is 26.8 Å². The Balaban J connectivity index is 1.78. The second kappa shape index (κ2) is 5.24. The van der Waals surface area contributed by atoms with Crippen molar-refractivity contribution in [3.05, 3.63) is 35.4 Å². The highest BCUT2D eigenvalue weighted by Gasteiger charge is 2.42. The van der Waals surface area contributed by atoms with Crippen molar-refractivity contribution < 1.29 is 9.90 Å². The Bertz CT molecular complexity index is 690. The van der Waals surface area contributed by atoms with Crippen molar-refractivity contribution in [1.82, 2.24) is 24.9 Å². The number of nitrogens with one attached hydrogen (secondary N) is 1. The number of aromatic amines is 1. The predicted octanol–water partition coefficient (Wildman–Crippen LogP) is 1.23. The van der Waals surface area contributed by atoms with Crippen LogP contribution in [-0.4, -0.2) is 49.0 Å². The molecule has 22 heavy (non-hydrogen) atoms. The van der Waals surface area contributed by atoms with E-state index >= 15 is 0 Å². The van der Waals surface area contributed by atoms with Gasteiger partial charge in [0.1, 0.15) is 17.0 Å². The van der Waals surface area contributed by atoms with Gasteiger partial charge in [-0.2, -0.15) is 0 Å². The summed E-state index contributed by atoms with van der Waals surface area (Å²) < 4.78 is 1.72. The van der Waals surface area contributed by atoms with E-state index in [2.05, 4.69) is 15.3 Å². The lowest BCUT2D eigenvalue weighted by Gasteiger charge is -2.21. The molecule has 118 valence electrons. The van der Waals surface area contributed by atoms with E-state index < -0.39 is 5.60 Å². The van der Waals surface area contributed by atoms with Crippen LogP contribution < -0.4 is 0 Å². The second-order valence-electron chi connectivity index (χ2n) is 6.22. The molecule has 1 fully saturated rings. The topological polar surface area (TPSA) is 87.0 Å². The fourth-order valence-electron chi connectivity index (χ4n) is 2.75. The van der Waals surface area contributed by atoms with Gasteiger partial charge in [-0.15, -0.1) is 5.10 Å². The minimum Gasteiger partial charge on any atom is -0.381 e. The quantitative estimate of drug-likeness (QED) is 0.893. The first-order valence-electron chi connectivity index (χ1n) is 7.48. The minimum atomic E-state index is -1.12. The Morgan fingerprint density at radius 1 is 1.50 bits per heavy atom. The van der Waals surface area contributed by atoms with Gasteiger partial charge in [0.15, 0.2) is 0 Å². The van der Waals surface area contributed by atoms with Crippen LogP contribution in [0.15, 0.2) is 18.5 Å². The monoisotopic (exact) mass is 303 g/mol. The molecule has 2 aromatic heterocycles. The summed E-state index contributed by atoms with van der Waals surface area (Å²) in [6.45, 7) is 6.63. The minimum absolute atomic E-state index is 0.0883. The van der Waals surface area contributed by atoms with Crippen LogP contribution in [0.5, 0.6) is 0 Å². The highest BCUT2D eigenvalue weighted by molar-refractivity contribution is 5.94. The molecule has 0 unspecified atom stereocenters. The van der Waals surface area contributed by atoms with Crippen LogP contribution in [0.3, 0.4) is 0 Å². The fourth-order valence-corrected chi connectivity index (χ4v) is 2.75. The van der Waals surface area contributed by atoms with Gasteiger partial charge in [-0.3, -0.25) is 4.79 Å². The molecular formula is C15H21N5O2. The lowest BCUT2D eigenvalue weighted by atomic mass is 10.00. The Labute approximate surface area is 128 Å². The number of carbonyl (C=O) groups is 1. The lowest BCUT2D eigenvalue weighted by molar-refractivity contribution is 0.0380. The average Bonchev–Trinajstić information content (AvgIpc) is 3.17. The Morgan fingerprint density at radius 2 is 2.27 bits per heavy atom. The fraction of sp³-hybridized carbons (Fsp3) is 0.533. The van der Waals surface area contributed by atoms with E-state index in [-0.39, 0.29) is 18.5 Å². The number of carbonyl (C=O) groups excluding carboxylic acids is 1. The molecule has 2 aromatic rings. The number of β-amino-alcohol motifs (C(OH)–C–C–N with tert-alkyl or cyclic N) is 1. The zero-order chi connectivity index (χ0) is 15.9. The number of aryl methyl sites for hydroxylation is 1. The molecule has 0 aliphatic carbocycles. The van der Waals surface area contributed by atoms with Crippen molar-refractivity contribution in [3.8, 4) is 0 Å². The van der Waals surface area contributed by atoms with Crippen molar-refractivity contribution in [1.29, 1.82) is 0 Å². The summed E-state index contributed by atoms with van der Waals surface area (Å²) in [5, 5.41) is 18.9. The SMILES string of the molecule is Cc1cc[nH]c1C(=O)N1CC[C@](O)(c2cn(C(C)C)nn2)C1. The van der Waals surface area contributed by atoms with Crippen LogP contribution in [0.4, 0.5) is 0 Å². The van der Waals surface area contributed by atoms with Gasteiger partial charge in [0, 0.05) is 25.2 Å². The smallest absolute Gasteiger partial charge is 0.270 e. The van der Waals surface area contributed by atoms with E-state index in [0.717, 1.165) is 5.56 Å². The van der Waals surface area contributed by atoms with Gasteiger partial charge in [-0.1, -0.05) is 5.21 Å². The Kier molecular flexibility index (Phi) is 3.52. The number of aliphatic hydroxyl groups is 1. The molecule has 1 atom stereocenters. The van der Waals surface area contributed by atoms with Crippen LogP contribution in [0, 0.1) is 6.92 Å². The molecule has 0 radical (unpaired) electrons. The van der Waals surface area contributed by atoms with E-state index in [1.165, 1.54) is 0 Å². The Hall–Kier alpha value is -2.15. The molecule has 1 aliphatic rings. The third-order valence-corrected chi connectivity index (χ3v) is 4.22. The van der Waals surface area contributed by atoms with Crippen molar-refractivity contribution >= 4 is 5.91 Å². The number of hydrogen-bond acceptors (Lipinski definition) is 4. The van der Waals surface area contributed by atoms with Crippen molar-refractivity contribution in [3.63, 3.8) is 0 Å². The lowest BCUT2D eigenvalue weighted by Crippen LogP contribution is -2.35. The molecule has 0 saturated carbocycles. The number of nitrogens with zero attached hydrogens (tertiary/aromatic N) is 4. The van der Waals surface area contributed by atoms with Crippen molar-refractivity contribution in [2.75, 3.05) is 13.1 Å². The number of aromatic nitrogens is 4. The Morgan fingerprint density at radius 3 is 2.86 bits per heavy atom. The molecule has 0 spiro atoms. The van der Waals surface area contributed by atoms with Crippen LogP contribution in [-0.2, 0) is 5.60 Å². The zero-order valence-corrected chi connectivity index (χ0v) is 13.1. The zero-order valence-electron chi connectivity index (χ0n) is 13.1. The number of H-pyrrole nitrogens is 1. The van der Waals surface area contributed by atoms with E-state index in [9.17, 15) is 9.90 Å². The van der Waals surface area contributed by atoms with Gasteiger partial charge in [0.2, 0.25) is 0 Å². The van der Waals surface area contributed by atoms with Crippen molar-refractivity contribution in [2.45, 2.75) is 38.8 Å². The summed E-state index contributed by atoms with van der Waals surface area (Å²) in [5.41, 5.74) is 0.893. The van der Waals surface area contributed by atoms with E-state index in [0.29, 0.717) is 24.4 Å². The normalized spacial score (nSPS) is 21.8. The molecule has 3 rings (SSSR count). The maximum atomic E-state index is 12.5. The van der Waals surface area contributed by atoms with Crippen LogP contribution in [0.2, 0.25) is 0 Å². The van der Waals surface area contributed by atoms with E-state index in [1.54, 1.807) is 22.0 Å². The maximum absolute atomic E-state index is 12.5. The maximum Gasteiger partial charge on any atom is 0.270 e. The first kappa shape index (κ1) is 14.8. The summed E-state index contributed by atoms with van der Waals surface area (Å²) >= 11 is 0. The first-order valence-corrected chi connectivity index (χ1v) is 7.48. The van der Waals surface area contributed by atoms with Crippen LogP contribution in [0.25, 0.3) is 0 Å². The van der Waals surface area contributed by atoms with Gasteiger partial charge < -0.3 is 15.0 Å². The van der Waals surface area contributed by atoms with Crippen LogP contribution >= 0.6 is 0 Å².